The van der Waals surface area contributed by atoms with Crippen molar-refractivity contribution in [2.24, 2.45) is 0 Å². The van der Waals surface area contributed by atoms with Gasteiger partial charge in [-0.2, -0.15) is 9.12 Å². The van der Waals surface area contributed by atoms with Crippen LogP contribution in [0, 0.1) is 0 Å². The monoisotopic (exact) mass is 947 g/mol. The Labute approximate surface area is 341 Å². The van der Waals surface area contributed by atoms with E-state index in [0.717, 1.165) is 17.4 Å². The van der Waals surface area contributed by atoms with E-state index in [1.165, 1.54) is 37.3 Å². The lowest BCUT2D eigenvalue weighted by molar-refractivity contribution is 0.101. The number of Topliss-reactive ketones (excluding diaryl/α,β-unsaturated/α-hetero) is 1. The highest BCUT2D eigenvalue weighted by atomic mass is 127. The molecular formula is C34H34BCl5IO6P3. The lowest BCUT2D eigenvalue weighted by Crippen LogP contribution is -1.93. The molecule has 0 aliphatic heterocycles. The van der Waals surface area contributed by atoms with Crippen LogP contribution in [-0.2, 0) is 0 Å². The van der Waals surface area contributed by atoms with Crippen molar-refractivity contribution in [1.82, 2.24) is 0 Å². The van der Waals surface area contributed by atoms with Crippen LogP contribution >= 0.6 is 105 Å². The Bertz CT molecular complexity index is 1620. The van der Waals surface area contributed by atoms with E-state index in [-0.39, 0.29) is 23.9 Å². The first-order chi connectivity index (χ1) is 24.4. The van der Waals surface area contributed by atoms with E-state index in [2.05, 4.69) is 37.8 Å². The fourth-order valence-electron chi connectivity index (χ4n) is 3.19. The molecule has 0 bridgehead atoms. The molecule has 0 amide bonds. The fraction of sp³-hybridized carbons (Fsp3) is 0.118. The molecule has 0 aliphatic carbocycles. The molecule has 4 aromatic carbocycles. The van der Waals surface area contributed by atoms with Crippen molar-refractivity contribution < 1.29 is 28.8 Å². The zero-order valence-electron chi connectivity index (χ0n) is 29.1. The Balaban J connectivity index is 0. The van der Waals surface area contributed by atoms with Crippen LogP contribution in [0.4, 0.5) is 0 Å². The second kappa shape index (κ2) is 30.0. The summed E-state index contributed by atoms with van der Waals surface area (Å²) < 4.78 is 12.8. The number of hydrogen-bond donors (Lipinski definition) is 0. The summed E-state index contributed by atoms with van der Waals surface area (Å²) in [6, 6.07) is 26.0. The van der Waals surface area contributed by atoms with Gasteiger partial charge in [0, 0.05) is 33.4 Å². The average Bonchev–Trinajstić information content (AvgIpc) is 3.09. The first-order valence-electron chi connectivity index (χ1n) is 14.9. The van der Waals surface area contributed by atoms with Crippen molar-refractivity contribution >= 4 is 144 Å². The van der Waals surface area contributed by atoms with E-state index >= 15 is 0 Å². The molecule has 3 atom stereocenters. The normalized spacial score (nSPS) is 9.98. The van der Waals surface area contributed by atoms with E-state index in [1.54, 1.807) is 73.6 Å². The summed E-state index contributed by atoms with van der Waals surface area (Å²) in [4.78, 5) is 64.5. The van der Waals surface area contributed by atoms with Crippen LogP contribution in [0.15, 0.2) is 97.1 Å². The van der Waals surface area contributed by atoms with Gasteiger partial charge in [-0.05, 0) is 127 Å². The molecule has 0 aliphatic rings. The molecule has 0 fully saturated rings. The summed E-state index contributed by atoms with van der Waals surface area (Å²) in [5.74, 6) is -0.0245. The molecule has 3 unspecified atom stereocenters. The number of hydrogen-bond acceptors (Lipinski definition) is 6. The van der Waals surface area contributed by atoms with Gasteiger partial charge in [0.1, 0.15) is 6.96 Å². The predicted molar refractivity (Wildman–Crippen MR) is 232 cm³/mol. The van der Waals surface area contributed by atoms with Gasteiger partial charge in [-0.15, -0.1) is 9.18 Å². The van der Waals surface area contributed by atoms with Crippen LogP contribution in [0.1, 0.15) is 69.1 Å². The fourth-order valence-corrected chi connectivity index (χ4v) is 3.80. The summed E-state index contributed by atoms with van der Waals surface area (Å²) in [6.45, 7) is 7.22. The first kappa shape index (κ1) is 46.5. The van der Waals surface area contributed by atoms with E-state index < -0.39 is 26.2 Å². The summed E-state index contributed by atoms with van der Waals surface area (Å²) in [6.07, 6.45) is 1.05. The topological polar surface area (TPSA) is 102 Å². The second-order valence-corrected chi connectivity index (χ2v) is 14.8. The van der Waals surface area contributed by atoms with Gasteiger partial charge in [0.2, 0.25) is 0 Å². The maximum Gasteiger partial charge on any atom is 0.252 e. The largest absolute Gasteiger partial charge is 0.295 e. The number of rotatable bonds is 7. The van der Waals surface area contributed by atoms with Crippen LogP contribution in [0.5, 0.6) is 0 Å². The molecule has 0 heterocycles. The second-order valence-electron chi connectivity index (χ2n) is 8.76. The van der Waals surface area contributed by atoms with E-state index in [4.69, 9.17) is 60.6 Å². The van der Waals surface area contributed by atoms with Crippen molar-refractivity contribution in [1.29, 1.82) is 2.61 Å². The molecule has 0 aromatic heterocycles. The smallest absolute Gasteiger partial charge is 0.252 e. The molecule has 16 heteroatoms. The van der Waals surface area contributed by atoms with Gasteiger partial charge in [-0.3, -0.25) is 28.8 Å². The van der Waals surface area contributed by atoms with Crippen molar-refractivity contribution in [3.05, 3.63) is 130 Å². The molecule has 4 rings (SSSR count). The molecule has 0 N–H and O–H groups in total. The van der Waals surface area contributed by atoms with Gasteiger partial charge >= 0.3 is 0 Å². The van der Waals surface area contributed by atoms with Crippen LogP contribution in [0.25, 0.3) is 11.1 Å². The van der Waals surface area contributed by atoms with Crippen LogP contribution in [0.3, 0.4) is 0 Å². The minimum absolute atomic E-state index is 0.000000000000000222. The van der Waals surface area contributed by atoms with Gasteiger partial charge < -0.3 is 0 Å². The van der Waals surface area contributed by atoms with Gasteiger partial charge in [0.05, 0.1) is 1.28 Å². The number of benzene rings is 4. The molecule has 0 saturated heterocycles. The van der Waals surface area contributed by atoms with Crippen LogP contribution < -0.4 is 0 Å². The highest BCUT2D eigenvalue weighted by Crippen LogP contribution is 2.21. The van der Waals surface area contributed by atoms with Crippen LogP contribution in [-0.4, -0.2) is 54.9 Å². The SMILES string of the molecule is CC(=O)c1ccc(C(=O)Cl)cc1.CPI.O=C(Cl)c1ccc(-c2ccc(C(=O)Cl)cc2)cc1.O=C(Cl)c1cccc(C(=O)Cl)c1.[2H]B(C)P.[3H]PC. The number of carbonyl (C=O) groups is 6. The van der Waals surface area contributed by atoms with Crippen LogP contribution in [0.2, 0.25) is 6.82 Å². The summed E-state index contributed by atoms with van der Waals surface area (Å²) in [5, 5.41) is -2.68. The van der Waals surface area contributed by atoms with Crippen molar-refractivity contribution in [3.8, 4) is 11.1 Å². The number of carbonyl (C=O) groups excluding carboxylic acids is 6. The Hall–Kier alpha value is -1.57. The minimum Gasteiger partial charge on any atom is -0.295 e. The third-order valence-corrected chi connectivity index (χ3v) is 6.48. The molecule has 4 aromatic rings. The zero-order valence-corrected chi connectivity index (χ0v) is 36.2. The molecule has 50 heavy (non-hydrogen) atoms. The van der Waals surface area contributed by atoms with Crippen molar-refractivity contribution in [2.45, 2.75) is 13.7 Å². The maximum atomic E-state index is 10.9. The molecule has 6 nitrogen and oxygen atoms in total. The lowest BCUT2D eigenvalue weighted by atomic mass is 10.0. The predicted octanol–water partition coefficient (Wildman–Crippen LogP) is 11.2. The summed E-state index contributed by atoms with van der Waals surface area (Å²) >= 11 is 28.6. The Morgan fingerprint density at radius 2 is 0.860 bits per heavy atom. The van der Waals surface area contributed by atoms with Gasteiger partial charge in [-0.1, -0.05) is 96.3 Å². The van der Waals surface area contributed by atoms with E-state index in [9.17, 15) is 28.8 Å². The Kier molecular flexibility index (Phi) is 27.8. The van der Waals surface area contributed by atoms with Gasteiger partial charge in [0.15, 0.2) is 5.78 Å². The van der Waals surface area contributed by atoms with E-state index in [0.29, 0.717) is 31.4 Å². The quantitative estimate of drug-likeness (QED) is 0.0601. The number of halogens is 6. The maximum absolute atomic E-state index is 10.9. The molecule has 0 saturated carbocycles. The molecule has 0 radical (unpaired) electrons. The van der Waals surface area contributed by atoms with Gasteiger partial charge in [0.25, 0.3) is 26.2 Å². The van der Waals surface area contributed by atoms with E-state index in [1.807, 2.05) is 6.66 Å². The molecule has 0 spiro atoms. The highest BCUT2D eigenvalue weighted by Gasteiger charge is 2.07. The highest BCUT2D eigenvalue weighted by molar-refractivity contribution is 14.2. The van der Waals surface area contributed by atoms with Crippen molar-refractivity contribution in [2.75, 3.05) is 13.3 Å². The molecular weight excluding hydrogens is 912 g/mol. The minimum atomic E-state index is -0.602. The lowest BCUT2D eigenvalue weighted by Gasteiger charge is -2.03. The number of ketones is 1. The average molecular weight is 950 g/mol. The van der Waals surface area contributed by atoms with Gasteiger partial charge in [-0.25, -0.2) is 0 Å². The summed E-state index contributed by atoms with van der Waals surface area (Å²) in [5.41, 5.74) is 4.29. The van der Waals surface area contributed by atoms with Crippen molar-refractivity contribution in [3.63, 3.8) is 0 Å². The third kappa shape index (κ3) is 21.7. The molecule has 266 valence electrons. The Morgan fingerprint density at radius 1 is 0.640 bits per heavy atom. The third-order valence-electron chi connectivity index (χ3n) is 5.39. The summed E-state index contributed by atoms with van der Waals surface area (Å²) in [7, 11) is 2.66. The zero-order chi connectivity index (χ0) is 40.4. The Morgan fingerprint density at radius 3 is 1.08 bits per heavy atom. The first-order valence-corrected chi connectivity index (χ1v) is 22.0. The standard InChI is InChI=1S/C14H8Cl2O2.C9H7ClO2.C8H4Cl2O2.CH6BP.CH4IP.CH5P/c15-13(17)11-5-1-9(2-6-11)10-3-7-12(8-4-10)14(16)18;1-6(11)7-2-4-8(5-3-7)9(10)12;9-7(11)5-2-1-3-6(4-5)8(10)12;1-2-3;1-3-2;1-2/h1-8H;2-5H,1H3;1-4H;2H,3H2,1H3;3H,1H3;2H2,1H3/i;;;2D;;2T.